The molecule has 0 aliphatic heterocycles. The first-order chi connectivity index (χ1) is 11.1. The van der Waals surface area contributed by atoms with Gasteiger partial charge in [-0.15, -0.1) is 11.3 Å². The number of nitrogens with one attached hydrogen (secondary N) is 2. The van der Waals surface area contributed by atoms with E-state index in [-0.39, 0.29) is 5.75 Å². The summed E-state index contributed by atoms with van der Waals surface area (Å²) in [5.74, 6) is -1.65. The predicted octanol–water partition coefficient (Wildman–Crippen LogP) is 2.44. The average molecular weight is 334 g/mol. The lowest BCUT2D eigenvalue weighted by Gasteiger charge is -2.08. The molecule has 5 nitrogen and oxygen atoms in total. The van der Waals surface area contributed by atoms with Crippen LogP contribution in [-0.4, -0.2) is 18.4 Å². The number of thiophene rings is 1. The SMILES string of the molecule is Cc1ccsc1/C=C/C(=O)NNC(=O)COc1ccccc1F. The van der Waals surface area contributed by atoms with Gasteiger partial charge in [-0.1, -0.05) is 12.1 Å². The second-order valence-electron chi connectivity index (χ2n) is 4.56. The van der Waals surface area contributed by atoms with Gasteiger partial charge in [0.1, 0.15) is 0 Å². The van der Waals surface area contributed by atoms with E-state index >= 15 is 0 Å². The van der Waals surface area contributed by atoms with E-state index in [2.05, 4.69) is 10.9 Å². The monoisotopic (exact) mass is 334 g/mol. The molecule has 0 fully saturated rings. The zero-order valence-corrected chi connectivity index (χ0v) is 13.2. The molecule has 1 aromatic heterocycles. The molecule has 1 aromatic carbocycles. The third-order valence-corrected chi connectivity index (χ3v) is 3.79. The molecule has 2 amide bonds. The average Bonchev–Trinajstić information content (AvgIpc) is 2.95. The molecule has 0 spiro atoms. The number of para-hydroxylation sites is 1. The largest absolute Gasteiger partial charge is 0.481 e. The van der Waals surface area contributed by atoms with E-state index in [1.54, 1.807) is 12.1 Å². The van der Waals surface area contributed by atoms with Crippen LogP contribution in [0.4, 0.5) is 4.39 Å². The van der Waals surface area contributed by atoms with E-state index in [0.717, 1.165) is 10.4 Å². The van der Waals surface area contributed by atoms with E-state index < -0.39 is 24.2 Å². The van der Waals surface area contributed by atoms with Crippen molar-refractivity contribution in [2.45, 2.75) is 6.92 Å². The molecule has 2 aromatic rings. The van der Waals surface area contributed by atoms with E-state index in [0.29, 0.717) is 0 Å². The lowest BCUT2D eigenvalue weighted by atomic mass is 10.3. The summed E-state index contributed by atoms with van der Waals surface area (Å²) in [4.78, 5) is 24.1. The fraction of sp³-hybridized carbons (Fsp3) is 0.125. The van der Waals surface area contributed by atoms with Crippen LogP contribution in [0.1, 0.15) is 10.4 Å². The highest BCUT2D eigenvalue weighted by molar-refractivity contribution is 7.11. The Bertz CT molecular complexity index is 728. The second-order valence-corrected chi connectivity index (χ2v) is 5.51. The van der Waals surface area contributed by atoms with Gasteiger partial charge in [0.2, 0.25) is 0 Å². The van der Waals surface area contributed by atoms with Crippen molar-refractivity contribution in [2.24, 2.45) is 0 Å². The Kier molecular flexibility index (Phi) is 5.87. The molecule has 0 saturated carbocycles. The number of benzene rings is 1. The molecule has 0 saturated heterocycles. The van der Waals surface area contributed by atoms with Crippen LogP contribution < -0.4 is 15.6 Å². The van der Waals surface area contributed by atoms with Gasteiger partial charge < -0.3 is 4.74 Å². The van der Waals surface area contributed by atoms with Crippen molar-refractivity contribution >= 4 is 29.2 Å². The normalized spacial score (nSPS) is 10.5. The standard InChI is InChI=1S/C16H15FN2O3S/c1-11-8-9-23-14(11)6-7-15(20)18-19-16(21)10-22-13-5-3-2-4-12(13)17/h2-9H,10H2,1H3,(H,18,20)(H,19,21)/b7-6+. The maximum absolute atomic E-state index is 13.3. The Hall–Kier alpha value is -2.67. The molecule has 7 heteroatoms. The van der Waals surface area contributed by atoms with Crippen LogP contribution in [0.25, 0.3) is 6.08 Å². The molecular formula is C16H15FN2O3S. The second kappa shape index (κ2) is 8.09. The third-order valence-electron chi connectivity index (χ3n) is 2.81. The summed E-state index contributed by atoms with van der Waals surface area (Å²) in [6.07, 6.45) is 2.98. The maximum Gasteiger partial charge on any atom is 0.276 e. The van der Waals surface area contributed by atoms with Crippen molar-refractivity contribution < 1.29 is 18.7 Å². The number of carbonyl (C=O) groups excluding carboxylic acids is 2. The number of hydrazine groups is 1. The van der Waals surface area contributed by atoms with Crippen LogP contribution in [0.2, 0.25) is 0 Å². The molecule has 2 rings (SSSR count). The van der Waals surface area contributed by atoms with Crippen LogP contribution >= 0.6 is 11.3 Å². The first-order valence-electron chi connectivity index (χ1n) is 6.74. The van der Waals surface area contributed by atoms with Crippen LogP contribution in [-0.2, 0) is 9.59 Å². The van der Waals surface area contributed by atoms with Crippen LogP contribution in [0.3, 0.4) is 0 Å². The lowest BCUT2D eigenvalue weighted by Crippen LogP contribution is -2.43. The molecule has 0 bridgehead atoms. The van der Waals surface area contributed by atoms with Crippen LogP contribution in [0, 0.1) is 12.7 Å². The minimum atomic E-state index is -0.595. The molecule has 0 unspecified atom stereocenters. The molecule has 23 heavy (non-hydrogen) atoms. The summed E-state index contributed by atoms with van der Waals surface area (Å²) in [6.45, 7) is 1.53. The van der Waals surface area contributed by atoms with Gasteiger partial charge in [-0.3, -0.25) is 20.4 Å². The summed E-state index contributed by atoms with van der Waals surface area (Å²) in [5, 5.41) is 1.93. The Morgan fingerprint density at radius 1 is 1.26 bits per heavy atom. The van der Waals surface area contributed by atoms with Gasteiger partial charge >= 0.3 is 0 Å². The quantitative estimate of drug-likeness (QED) is 0.652. The molecule has 0 radical (unpaired) electrons. The van der Waals surface area contributed by atoms with Gasteiger partial charge in [-0.05, 0) is 42.1 Å². The molecule has 0 aliphatic rings. The van der Waals surface area contributed by atoms with Crippen molar-refractivity contribution in [3.05, 3.63) is 58.0 Å². The Morgan fingerprint density at radius 3 is 2.74 bits per heavy atom. The summed E-state index contributed by atoms with van der Waals surface area (Å²) in [6, 6.07) is 7.70. The highest BCUT2D eigenvalue weighted by Crippen LogP contribution is 2.17. The topological polar surface area (TPSA) is 67.4 Å². The van der Waals surface area contributed by atoms with Crippen LogP contribution in [0.5, 0.6) is 5.75 Å². The number of halogens is 1. The Balaban J connectivity index is 1.74. The zero-order valence-electron chi connectivity index (χ0n) is 12.3. The van der Waals surface area contributed by atoms with Crippen molar-refractivity contribution in [1.29, 1.82) is 0 Å². The number of hydrogen-bond donors (Lipinski definition) is 2. The summed E-state index contributed by atoms with van der Waals surface area (Å²) < 4.78 is 18.3. The first-order valence-corrected chi connectivity index (χ1v) is 7.62. The van der Waals surface area contributed by atoms with Gasteiger partial charge in [-0.2, -0.15) is 0 Å². The van der Waals surface area contributed by atoms with E-state index in [1.807, 2.05) is 18.4 Å². The van der Waals surface area contributed by atoms with Crippen LogP contribution in [0.15, 0.2) is 41.8 Å². The molecule has 1 heterocycles. The number of hydrogen-bond acceptors (Lipinski definition) is 4. The number of amides is 2. The van der Waals surface area contributed by atoms with E-state index in [1.165, 1.54) is 35.6 Å². The van der Waals surface area contributed by atoms with Gasteiger partial charge in [0.05, 0.1) is 0 Å². The van der Waals surface area contributed by atoms with E-state index in [9.17, 15) is 14.0 Å². The number of carbonyl (C=O) groups is 2. The smallest absolute Gasteiger partial charge is 0.276 e. The number of ether oxygens (including phenoxy) is 1. The van der Waals surface area contributed by atoms with Gasteiger partial charge in [0.15, 0.2) is 18.2 Å². The summed E-state index contributed by atoms with van der Waals surface area (Å²) >= 11 is 1.51. The van der Waals surface area contributed by atoms with Gasteiger partial charge in [0.25, 0.3) is 11.8 Å². The van der Waals surface area contributed by atoms with Gasteiger partial charge in [0, 0.05) is 11.0 Å². The van der Waals surface area contributed by atoms with Crippen molar-refractivity contribution in [1.82, 2.24) is 10.9 Å². The van der Waals surface area contributed by atoms with Gasteiger partial charge in [-0.25, -0.2) is 4.39 Å². The van der Waals surface area contributed by atoms with Crippen molar-refractivity contribution in [3.63, 3.8) is 0 Å². The minimum absolute atomic E-state index is 0.0259. The Labute approximate surface area is 136 Å². The molecule has 0 atom stereocenters. The summed E-state index contributed by atoms with van der Waals surface area (Å²) in [5.41, 5.74) is 5.47. The lowest BCUT2D eigenvalue weighted by molar-refractivity contribution is -0.128. The minimum Gasteiger partial charge on any atom is -0.481 e. The van der Waals surface area contributed by atoms with E-state index in [4.69, 9.17) is 4.74 Å². The summed E-state index contributed by atoms with van der Waals surface area (Å²) in [7, 11) is 0. The first kappa shape index (κ1) is 16.7. The highest BCUT2D eigenvalue weighted by Gasteiger charge is 2.06. The molecule has 120 valence electrons. The molecule has 0 aliphatic carbocycles. The molecular weight excluding hydrogens is 319 g/mol. The maximum atomic E-state index is 13.3. The zero-order chi connectivity index (χ0) is 16.7. The highest BCUT2D eigenvalue weighted by atomic mass is 32.1. The number of rotatable bonds is 5. The van der Waals surface area contributed by atoms with Crippen molar-refractivity contribution in [3.8, 4) is 5.75 Å². The Morgan fingerprint density at radius 2 is 2.04 bits per heavy atom. The predicted molar refractivity (Wildman–Crippen MR) is 86.3 cm³/mol. The fourth-order valence-electron chi connectivity index (χ4n) is 1.62. The number of aryl methyl sites for hydroxylation is 1. The third kappa shape index (κ3) is 5.23. The van der Waals surface area contributed by atoms with Crippen molar-refractivity contribution in [2.75, 3.05) is 6.61 Å². The molecule has 2 N–H and O–H groups in total. The fourth-order valence-corrected chi connectivity index (χ4v) is 2.44.